The average Bonchev–Trinajstić information content (AvgIpc) is 3.03. The van der Waals surface area contributed by atoms with E-state index < -0.39 is 10.7 Å². The quantitative estimate of drug-likeness (QED) is 0.329. The first-order chi connectivity index (χ1) is 12.9. The van der Waals surface area contributed by atoms with Crippen LogP contribution in [0.15, 0.2) is 46.9 Å². The maximum atomic E-state index is 13.3. The van der Waals surface area contributed by atoms with Gasteiger partial charge in [-0.25, -0.2) is 0 Å². The SMILES string of the molecule is CCCCc1oc2ccc(C(C)=O)cc2c1C(=O)c1ccccc1[N+](=O)[O-]. The van der Waals surface area contributed by atoms with Crippen molar-refractivity contribution >= 4 is 28.2 Å². The van der Waals surface area contributed by atoms with Crippen LogP contribution in [0.1, 0.15) is 58.7 Å². The summed E-state index contributed by atoms with van der Waals surface area (Å²) < 4.78 is 5.88. The Kier molecular flexibility index (Phi) is 5.16. The Hall–Kier alpha value is -3.28. The second-order valence-corrected chi connectivity index (χ2v) is 6.37. The fraction of sp³-hybridized carbons (Fsp3) is 0.238. The molecule has 138 valence electrons. The molecule has 0 fully saturated rings. The van der Waals surface area contributed by atoms with Gasteiger partial charge in [-0.3, -0.25) is 19.7 Å². The molecule has 3 rings (SSSR count). The monoisotopic (exact) mass is 365 g/mol. The zero-order valence-electron chi connectivity index (χ0n) is 15.2. The Morgan fingerprint density at radius 2 is 1.89 bits per heavy atom. The third-order valence-corrected chi connectivity index (χ3v) is 4.50. The number of benzene rings is 2. The Labute approximate surface area is 155 Å². The number of Topliss-reactive ketones (excluding diaryl/α,β-unsaturated/α-hetero) is 1. The Morgan fingerprint density at radius 3 is 2.56 bits per heavy atom. The summed E-state index contributed by atoms with van der Waals surface area (Å²) in [7, 11) is 0. The molecule has 0 spiro atoms. The number of furan rings is 1. The standard InChI is InChI=1S/C21H19NO5/c1-3-4-9-19-20(16-12-14(13(2)23)10-11-18(16)27-19)21(24)15-7-5-6-8-17(15)22(25)26/h5-8,10-12H,3-4,9H2,1-2H3. The number of ketones is 2. The highest BCUT2D eigenvalue weighted by Crippen LogP contribution is 2.32. The van der Waals surface area contributed by atoms with E-state index in [9.17, 15) is 19.7 Å². The number of fused-ring (bicyclic) bond motifs is 1. The molecule has 0 radical (unpaired) electrons. The molecule has 6 nitrogen and oxygen atoms in total. The topological polar surface area (TPSA) is 90.4 Å². The second kappa shape index (κ2) is 7.53. The van der Waals surface area contributed by atoms with Crippen LogP contribution in [-0.2, 0) is 6.42 Å². The van der Waals surface area contributed by atoms with Crippen LogP contribution >= 0.6 is 0 Å². The van der Waals surface area contributed by atoms with Crippen LogP contribution in [0.25, 0.3) is 11.0 Å². The molecule has 0 bridgehead atoms. The van der Waals surface area contributed by atoms with Gasteiger partial charge in [0.25, 0.3) is 5.69 Å². The van der Waals surface area contributed by atoms with Gasteiger partial charge in [-0.15, -0.1) is 0 Å². The van der Waals surface area contributed by atoms with E-state index in [0.717, 1.165) is 12.8 Å². The molecule has 0 aliphatic rings. The van der Waals surface area contributed by atoms with Gasteiger partial charge in [-0.1, -0.05) is 25.5 Å². The normalized spacial score (nSPS) is 10.9. The minimum absolute atomic E-state index is 0.0103. The Balaban J connectivity index is 2.24. The maximum Gasteiger partial charge on any atom is 0.280 e. The molecule has 27 heavy (non-hydrogen) atoms. The number of para-hydroxylation sites is 1. The summed E-state index contributed by atoms with van der Waals surface area (Å²) in [4.78, 5) is 35.8. The summed E-state index contributed by atoms with van der Waals surface area (Å²) >= 11 is 0. The largest absolute Gasteiger partial charge is 0.460 e. The van der Waals surface area contributed by atoms with Crippen molar-refractivity contribution in [3.63, 3.8) is 0 Å². The molecular weight excluding hydrogens is 346 g/mol. The summed E-state index contributed by atoms with van der Waals surface area (Å²) in [6.45, 7) is 3.48. The van der Waals surface area contributed by atoms with Crippen LogP contribution in [0.5, 0.6) is 0 Å². The highest BCUT2D eigenvalue weighted by molar-refractivity contribution is 6.19. The number of carbonyl (C=O) groups is 2. The number of rotatable bonds is 7. The predicted octanol–water partition coefficient (Wildman–Crippen LogP) is 5.12. The lowest BCUT2D eigenvalue weighted by atomic mass is 9.96. The lowest BCUT2D eigenvalue weighted by molar-refractivity contribution is -0.385. The minimum Gasteiger partial charge on any atom is -0.460 e. The zero-order valence-corrected chi connectivity index (χ0v) is 15.2. The third-order valence-electron chi connectivity index (χ3n) is 4.50. The van der Waals surface area contributed by atoms with Crippen molar-refractivity contribution < 1.29 is 18.9 Å². The zero-order chi connectivity index (χ0) is 19.6. The summed E-state index contributed by atoms with van der Waals surface area (Å²) in [6.07, 6.45) is 2.27. The number of hydrogen-bond donors (Lipinski definition) is 0. The molecule has 1 heterocycles. The highest BCUT2D eigenvalue weighted by atomic mass is 16.6. The van der Waals surface area contributed by atoms with Gasteiger partial charge >= 0.3 is 0 Å². The molecule has 0 aliphatic heterocycles. The van der Waals surface area contributed by atoms with Crippen LogP contribution < -0.4 is 0 Å². The number of nitro benzene ring substituents is 1. The van der Waals surface area contributed by atoms with E-state index in [1.54, 1.807) is 24.3 Å². The summed E-state index contributed by atoms with van der Waals surface area (Å²) in [6, 6.07) is 10.8. The van der Waals surface area contributed by atoms with E-state index in [1.165, 1.54) is 25.1 Å². The van der Waals surface area contributed by atoms with Gasteiger partial charge in [0, 0.05) is 23.4 Å². The van der Waals surface area contributed by atoms with E-state index >= 15 is 0 Å². The van der Waals surface area contributed by atoms with E-state index in [1.807, 2.05) is 6.92 Å². The number of carbonyl (C=O) groups excluding carboxylic acids is 2. The van der Waals surface area contributed by atoms with Gasteiger partial charge in [0.15, 0.2) is 5.78 Å². The molecule has 0 saturated heterocycles. The Bertz CT molecular complexity index is 1050. The van der Waals surface area contributed by atoms with Crippen molar-refractivity contribution in [3.05, 3.63) is 75.0 Å². The van der Waals surface area contributed by atoms with Crippen molar-refractivity contribution in [1.82, 2.24) is 0 Å². The highest BCUT2D eigenvalue weighted by Gasteiger charge is 2.27. The van der Waals surface area contributed by atoms with Gasteiger partial charge in [-0.2, -0.15) is 0 Å². The van der Waals surface area contributed by atoms with Crippen molar-refractivity contribution in [2.45, 2.75) is 33.1 Å². The molecule has 3 aromatic rings. The van der Waals surface area contributed by atoms with E-state index in [2.05, 4.69) is 0 Å². The molecule has 0 saturated carbocycles. The van der Waals surface area contributed by atoms with E-state index in [4.69, 9.17) is 4.42 Å². The lowest BCUT2D eigenvalue weighted by Crippen LogP contribution is -2.07. The van der Waals surface area contributed by atoms with Gasteiger partial charge < -0.3 is 4.42 Å². The second-order valence-electron chi connectivity index (χ2n) is 6.37. The molecule has 2 aromatic carbocycles. The molecule has 1 aromatic heterocycles. The van der Waals surface area contributed by atoms with E-state index in [-0.39, 0.29) is 17.0 Å². The summed E-state index contributed by atoms with van der Waals surface area (Å²) in [5, 5.41) is 11.9. The fourth-order valence-electron chi connectivity index (χ4n) is 3.09. The van der Waals surface area contributed by atoms with Gasteiger partial charge in [0.05, 0.1) is 10.5 Å². The lowest BCUT2D eigenvalue weighted by Gasteiger charge is -2.04. The first-order valence-corrected chi connectivity index (χ1v) is 8.78. The summed E-state index contributed by atoms with van der Waals surface area (Å²) in [5.41, 5.74) is 1.02. The number of hydrogen-bond acceptors (Lipinski definition) is 5. The molecular formula is C21H19NO5. The maximum absolute atomic E-state index is 13.3. The van der Waals surface area contributed by atoms with Crippen molar-refractivity contribution in [3.8, 4) is 0 Å². The van der Waals surface area contributed by atoms with Gasteiger partial charge in [-0.05, 0) is 37.6 Å². The van der Waals surface area contributed by atoms with Crippen molar-refractivity contribution in [2.24, 2.45) is 0 Å². The smallest absolute Gasteiger partial charge is 0.280 e. The fourth-order valence-corrected chi connectivity index (χ4v) is 3.09. The third kappa shape index (κ3) is 3.51. The first kappa shape index (κ1) is 18.5. The number of aryl methyl sites for hydroxylation is 1. The van der Waals surface area contributed by atoms with Gasteiger partial charge in [0.1, 0.15) is 16.9 Å². The van der Waals surface area contributed by atoms with Gasteiger partial charge in [0.2, 0.25) is 5.78 Å². The molecule has 0 N–H and O–H groups in total. The molecule has 6 heteroatoms. The molecule has 0 aliphatic carbocycles. The number of unbranched alkanes of at least 4 members (excludes halogenated alkanes) is 1. The average molecular weight is 365 g/mol. The van der Waals surface area contributed by atoms with Crippen LogP contribution in [0.4, 0.5) is 5.69 Å². The Morgan fingerprint density at radius 1 is 1.15 bits per heavy atom. The minimum atomic E-state index is -0.567. The van der Waals surface area contributed by atoms with Crippen molar-refractivity contribution in [2.75, 3.05) is 0 Å². The number of nitro groups is 1. The van der Waals surface area contributed by atoms with Crippen LogP contribution in [0.3, 0.4) is 0 Å². The predicted molar refractivity (Wildman–Crippen MR) is 101 cm³/mol. The van der Waals surface area contributed by atoms with Crippen LogP contribution in [0, 0.1) is 10.1 Å². The first-order valence-electron chi connectivity index (χ1n) is 8.78. The summed E-state index contributed by atoms with van der Waals surface area (Å²) in [5.74, 6) is -0.0964. The number of nitrogens with zero attached hydrogens (tertiary/aromatic N) is 1. The van der Waals surface area contributed by atoms with E-state index in [0.29, 0.717) is 34.3 Å². The van der Waals surface area contributed by atoms with Crippen LogP contribution in [-0.4, -0.2) is 16.5 Å². The molecule has 0 unspecified atom stereocenters. The van der Waals surface area contributed by atoms with Crippen LogP contribution in [0.2, 0.25) is 0 Å². The molecule has 0 amide bonds. The van der Waals surface area contributed by atoms with Crippen molar-refractivity contribution in [1.29, 1.82) is 0 Å². The molecule has 0 atom stereocenters.